The number of hydrogen-bond donors (Lipinski definition) is 2. The van der Waals surface area contributed by atoms with Gasteiger partial charge in [0.2, 0.25) is 0 Å². The second-order valence-corrected chi connectivity index (χ2v) is 3.75. The Hall–Kier alpha value is -1.44. The highest BCUT2D eigenvalue weighted by Gasteiger charge is 2.12. The molecule has 0 saturated heterocycles. The zero-order chi connectivity index (χ0) is 12.7. The van der Waals surface area contributed by atoms with Gasteiger partial charge in [-0.15, -0.1) is 11.8 Å². The Kier molecular flexibility index (Phi) is 5.61. The van der Waals surface area contributed by atoms with Crippen molar-refractivity contribution in [2.45, 2.75) is 32.2 Å². The highest BCUT2D eigenvalue weighted by atomic mass is 19.2. The molecule has 92 valence electrons. The normalized spacial score (nSPS) is 11.8. The molecule has 1 aromatic carbocycles. The number of rotatable bonds is 5. The van der Waals surface area contributed by atoms with E-state index in [0.717, 1.165) is 6.07 Å². The summed E-state index contributed by atoms with van der Waals surface area (Å²) in [6.07, 6.45) is 1.74. The summed E-state index contributed by atoms with van der Waals surface area (Å²) >= 11 is 0. The highest BCUT2D eigenvalue weighted by molar-refractivity contribution is 5.20. The van der Waals surface area contributed by atoms with Gasteiger partial charge in [-0.1, -0.05) is 12.1 Å². The molecule has 0 heterocycles. The molecule has 0 saturated carbocycles. The molecule has 0 aliphatic heterocycles. The minimum Gasteiger partial charge on any atom is -0.271 e. The molecule has 0 aliphatic rings. The molecule has 0 aromatic heterocycles. The van der Waals surface area contributed by atoms with Crippen LogP contribution >= 0.6 is 0 Å². The van der Waals surface area contributed by atoms with Gasteiger partial charge in [-0.25, -0.2) is 8.78 Å². The van der Waals surface area contributed by atoms with E-state index in [4.69, 9.17) is 5.84 Å². The number of halogens is 2. The Morgan fingerprint density at radius 3 is 2.82 bits per heavy atom. The van der Waals surface area contributed by atoms with E-state index >= 15 is 0 Å². The topological polar surface area (TPSA) is 38.0 Å². The lowest BCUT2D eigenvalue weighted by Crippen LogP contribution is -2.36. The van der Waals surface area contributed by atoms with Crippen molar-refractivity contribution in [1.29, 1.82) is 0 Å². The largest absolute Gasteiger partial charge is 0.271 e. The van der Waals surface area contributed by atoms with Crippen LogP contribution in [0.15, 0.2) is 18.2 Å². The van der Waals surface area contributed by atoms with Crippen molar-refractivity contribution >= 4 is 0 Å². The molecule has 4 heteroatoms. The predicted octanol–water partition coefficient (Wildman–Crippen LogP) is 2.14. The fourth-order valence-corrected chi connectivity index (χ4v) is 1.59. The van der Waals surface area contributed by atoms with Gasteiger partial charge in [-0.2, -0.15) is 0 Å². The van der Waals surface area contributed by atoms with Crippen LogP contribution in [-0.4, -0.2) is 6.04 Å². The van der Waals surface area contributed by atoms with Gasteiger partial charge < -0.3 is 0 Å². The van der Waals surface area contributed by atoms with Crippen LogP contribution in [0.25, 0.3) is 0 Å². The molecule has 1 aromatic rings. The van der Waals surface area contributed by atoms with E-state index in [1.807, 2.05) is 0 Å². The molecule has 1 unspecified atom stereocenters. The summed E-state index contributed by atoms with van der Waals surface area (Å²) in [5.74, 6) is 9.44. The second-order valence-electron chi connectivity index (χ2n) is 3.75. The minimum absolute atomic E-state index is 0.104. The first-order chi connectivity index (χ1) is 8.19. The molecule has 3 N–H and O–H groups in total. The van der Waals surface area contributed by atoms with Gasteiger partial charge in [-0.3, -0.25) is 11.3 Å². The minimum atomic E-state index is -0.827. The Morgan fingerprint density at radius 2 is 2.18 bits per heavy atom. The molecule has 0 amide bonds. The zero-order valence-corrected chi connectivity index (χ0v) is 9.76. The Balaban J connectivity index is 2.66. The summed E-state index contributed by atoms with van der Waals surface area (Å²) in [6.45, 7) is 1.76. The van der Waals surface area contributed by atoms with Crippen molar-refractivity contribution in [2.75, 3.05) is 0 Å². The molecular weight excluding hydrogens is 222 g/mol. The van der Waals surface area contributed by atoms with E-state index in [1.54, 1.807) is 13.0 Å². The van der Waals surface area contributed by atoms with Gasteiger partial charge in [0.05, 0.1) is 0 Å². The van der Waals surface area contributed by atoms with Gasteiger partial charge in [-0.05, 0) is 31.4 Å². The SMILES string of the molecule is CC#CCCC(Cc1cccc(F)c1F)NN. The number of benzene rings is 1. The molecule has 1 rings (SSSR count). The molecular formula is C13H16F2N2. The summed E-state index contributed by atoms with van der Waals surface area (Å²) in [5.41, 5.74) is 2.93. The monoisotopic (exact) mass is 238 g/mol. The highest BCUT2D eigenvalue weighted by Crippen LogP contribution is 2.14. The molecule has 0 fully saturated rings. The lowest BCUT2D eigenvalue weighted by Gasteiger charge is -2.15. The van der Waals surface area contributed by atoms with Crippen LogP contribution in [0.1, 0.15) is 25.3 Å². The van der Waals surface area contributed by atoms with Crippen LogP contribution in [0.4, 0.5) is 8.78 Å². The molecule has 0 aliphatic carbocycles. The maximum absolute atomic E-state index is 13.4. The van der Waals surface area contributed by atoms with E-state index in [2.05, 4.69) is 17.3 Å². The van der Waals surface area contributed by atoms with Crippen LogP contribution in [-0.2, 0) is 6.42 Å². The third-order valence-corrected chi connectivity index (χ3v) is 2.53. The second kappa shape index (κ2) is 7.00. The van der Waals surface area contributed by atoms with Crippen molar-refractivity contribution in [3.8, 4) is 11.8 Å². The van der Waals surface area contributed by atoms with Crippen molar-refractivity contribution in [1.82, 2.24) is 5.43 Å². The standard InChI is InChI=1S/C13H16F2N2/c1-2-3-4-7-11(17-16)9-10-6-5-8-12(14)13(10)15/h5-6,8,11,17H,4,7,9,16H2,1H3. The lowest BCUT2D eigenvalue weighted by molar-refractivity contribution is 0.464. The first-order valence-corrected chi connectivity index (χ1v) is 5.47. The lowest BCUT2D eigenvalue weighted by atomic mass is 10.0. The van der Waals surface area contributed by atoms with Gasteiger partial charge in [0.1, 0.15) is 0 Å². The number of nitrogens with one attached hydrogen (secondary N) is 1. The van der Waals surface area contributed by atoms with Crippen LogP contribution in [0.2, 0.25) is 0 Å². The van der Waals surface area contributed by atoms with Crippen LogP contribution in [0, 0.1) is 23.5 Å². The van der Waals surface area contributed by atoms with Gasteiger partial charge >= 0.3 is 0 Å². The van der Waals surface area contributed by atoms with Crippen molar-refractivity contribution in [3.63, 3.8) is 0 Å². The van der Waals surface area contributed by atoms with Crippen LogP contribution in [0.3, 0.4) is 0 Å². The number of hydrogen-bond acceptors (Lipinski definition) is 2. The van der Waals surface area contributed by atoms with Gasteiger partial charge in [0.15, 0.2) is 11.6 Å². The maximum atomic E-state index is 13.4. The van der Waals surface area contributed by atoms with E-state index < -0.39 is 11.6 Å². The molecule has 0 spiro atoms. The molecule has 0 bridgehead atoms. The fraction of sp³-hybridized carbons (Fsp3) is 0.385. The summed E-state index contributed by atoms with van der Waals surface area (Å²) in [7, 11) is 0. The Bertz CT molecular complexity index is 421. The summed E-state index contributed by atoms with van der Waals surface area (Å²) in [5, 5.41) is 0. The average molecular weight is 238 g/mol. The third-order valence-electron chi connectivity index (χ3n) is 2.53. The van der Waals surface area contributed by atoms with E-state index in [1.165, 1.54) is 6.07 Å². The smallest absolute Gasteiger partial charge is 0.162 e. The van der Waals surface area contributed by atoms with E-state index in [0.29, 0.717) is 24.8 Å². The van der Waals surface area contributed by atoms with E-state index in [9.17, 15) is 8.78 Å². The van der Waals surface area contributed by atoms with Crippen molar-refractivity contribution in [2.24, 2.45) is 5.84 Å². The average Bonchev–Trinajstić information content (AvgIpc) is 2.33. The third kappa shape index (κ3) is 4.14. The Morgan fingerprint density at radius 1 is 1.41 bits per heavy atom. The van der Waals surface area contributed by atoms with Gasteiger partial charge in [0, 0.05) is 12.5 Å². The maximum Gasteiger partial charge on any atom is 0.162 e. The predicted molar refractivity (Wildman–Crippen MR) is 63.9 cm³/mol. The molecule has 0 radical (unpaired) electrons. The van der Waals surface area contributed by atoms with Crippen LogP contribution < -0.4 is 11.3 Å². The van der Waals surface area contributed by atoms with E-state index in [-0.39, 0.29) is 6.04 Å². The molecule has 1 atom stereocenters. The first-order valence-electron chi connectivity index (χ1n) is 5.47. The number of nitrogens with two attached hydrogens (primary N) is 1. The van der Waals surface area contributed by atoms with Crippen molar-refractivity contribution < 1.29 is 8.78 Å². The number of hydrazine groups is 1. The molecule has 2 nitrogen and oxygen atoms in total. The Labute approximate surface area is 100 Å². The van der Waals surface area contributed by atoms with Gasteiger partial charge in [0.25, 0.3) is 0 Å². The quantitative estimate of drug-likeness (QED) is 0.468. The fourth-order valence-electron chi connectivity index (χ4n) is 1.59. The summed E-state index contributed by atoms with van der Waals surface area (Å²) in [6, 6.07) is 4.06. The van der Waals surface area contributed by atoms with Crippen LogP contribution in [0.5, 0.6) is 0 Å². The first kappa shape index (κ1) is 13.6. The summed E-state index contributed by atoms with van der Waals surface area (Å²) in [4.78, 5) is 0. The molecule has 17 heavy (non-hydrogen) atoms. The van der Waals surface area contributed by atoms with Crippen molar-refractivity contribution in [3.05, 3.63) is 35.4 Å². The zero-order valence-electron chi connectivity index (χ0n) is 9.76. The summed E-state index contributed by atoms with van der Waals surface area (Å²) < 4.78 is 26.4.